The Labute approximate surface area is 196 Å². The Bertz CT molecular complexity index is 1100. The number of aryl methyl sites for hydroxylation is 2. The fourth-order valence-electron chi connectivity index (χ4n) is 3.87. The summed E-state index contributed by atoms with van der Waals surface area (Å²) < 4.78 is 1.77. The van der Waals surface area contributed by atoms with E-state index in [1.165, 1.54) is 0 Å². The molecule has 0 spiro atoms. The van der Waals surface area contributed by atoms with Gasteiger partial charge in [0.25, 0.3) is 0 Å². The maximum atomic E-state index is 13.0. The van der Waals surface area contributed by atoms with Gasteiger partial charge in [0.05, 0.1) is 17.9 Å². The van der Waals surface area contributed by atoms with Gasteiger partial charge >= 0.3 is 0 Å². The van der Waals surface area contributed by atoms with Crippen LogP contribution in [0.2, 0.25) is 0 Å². The molecular weight excluding hydrogens is 412 g/mol. The number of rotatable bonds is 9. The Balaban J connectivity index is 1.92. The van der Waals surface area contributed by atoms with Crippen molar-refractivity contribution in [2.24, 2.45) is 5.92 Å². The molecule has 3 aromatic rings. The Kier molecular flexibility index (Phi) is 8.04. The molecular formula is C27H34N4O2. The first-order chi connectivity index (χ1) is 15.8. The smallest absolute Gasteiger partial charge is 0.245 e. The molecule has 0 atom stereocenters. The molecule has 3 rings (SSSR count). The molecule has 0 aliphatic rings. The normalized spacial score (nSPS) is 11.0. The van der Waals surface area contributed by atoms with Gasteiger partial charge in [-0.05, 0) is 37.8 Å². The first-order valence-electron chi connectivity index (χ1n) is 11.6. The van der Waals surface area contributed by atoms with Crippen LogP contribution in [0.3, 0.4) is 0 Å². The van der Waals surface area contributed by atoms with Crippen LogP contribution in [0.5, 0.6) is 0 Å². The van der Waals surface area contributed by atoms with Gasteiger partial charge in [0, 0.05) is 24.6 Å². The van der Waals surface area contributed by atoms with Gasteiger partial charge in [-0.25, -0.2) is 4.68 Å². The van der Waals surface area contributed by atoms with Gasteiger partial charge in [-0.2, -0.15) is 5.10 Å². The molecule has 6 heteroatoms. The highest BCUT2D eigenvalue weighted by Gasteiger charge is 2.20. The van der Waals surface area contributed by atoms with Crippen molar-refractivity contribution in [2.45, 2.75) is 47.5 Å². The first kappa shape index (κ1) is 24.2. The van der Waals surface area contributed by atoms with Crippen molar-refractivity contribution in [1.29, 1.82) is 0 Å². The van der Waals surface area contributed by atoms with Crippen LogP contribution in [0.4, 0.5) is 5.82 Å². The number of anilines is 1. The molecule has 0 aliphatic heterocycles. The average molecular weight is 447 g/mol. The molecule has 0 unspecified atom stereocenters. The monoisotopic (exact) mass is 446 g/mol. The fourth-order valence-corrected chi connectivity index (χ4v) is 3.87. The van der Waals surface area contributed by atoms with Gasteiger partial charge < -0.3 is 10.2 Å². The minimum Gasteiger partial charge on any atom is -0.333 e. The van der Waals surface area contributed by atoms with Crippen molar-refractivity contribution in [3.63, 3.8) is 0 Å². The lowest BCUT2D eigenvalue weighted by molar-refractivity contribution is -0.135. The number of carbonyl (C=O) groups excluding carboxylic acids is 2. The third kappa shape index (κ3) is 6.31. The van der Waals surface area contributed by atoms with E-state index in [-0.39, 0.29) is 24.3 Å². The van der Waals surface area contributed by atoms with Crippen LogP contribution < -0.4 is 5.32 Å². The average Bonchev–Trinajstić information content (AvgIpc) is 3.17. The van der Waals surface area contributed by atoms with Gasteiger partial charge in [-0.15, -0.1) is 0 Å². The highest BCUT2D eigenvalue weighted by Crippen LogP contribution is 2.26. The molecule has 0 aliphatic carbocycles. The number of hydrogen-bond donors (Lipinski definition) is 1. The Morgan fingerprint density at radius 1 is 1.06 bits per heavy atom. The van der Waals surface area contributed by atoms with Crippen molar-refractivity contribution in [2.75, 3.05) is 18.4 Å². The second kappa shape index (κ2) is 10.9. The SMILES string of the molecule is CCCC(=O)N(CC(=O)Nc1cc(-c2ccccc2)nn1-c1ccc(C)cc1C)CC(C)C. The third-order valence-corrected chi connectivity index (χ3v) is 5.36. The topological polar surface area (TPSA) is 67.2 Å². The number of nitrogens with zero attached hydrogens (tertiary/aromatic N) is 3. The zero-order valence-electron chi connectivity index (χ0n) is 20.3. The van der Waals surface area contributed by atoms with E-state index in [9.17, 15) is 9.59 Å². The van der Waals surface area contributed by atoms with Crippen LogP contribution in [0.1, 0.15) is 44.7 Å². The first-order valence-corrected chi connectivity index (χ1v) is 11.6. The number of amides is 2. The van der Waals surface area contributed by atoms with Gasteiger partial charge in [0.1, 0.15) is 5.82 Å². The van der Waals surface area contributed by atoms with E-state index in [0.29, 0.717) is 18.8 Å². The standard InChI is InChI=1S/C27H34N4O2/c1-6-10-27(33)30(17-19(2)3)18-26(32)28-25-16-23(22-11-8-7-9-12-22)29-31(25)24-14-13-20(4)15-21(24)5/h7-9,11-16,19H,6,10,17-18H2,1-5H3,(H,28,32). The maximum Gasteiger partial charge on any atom is 0.245 e. The zero-order valence-corrected chi connectivity index (χ0v) is 20.3. The van der Waals surface area contributed by atoms with Crippen LogP contribution in [-0.2, 0) is 9.59 Å². The predicted octanol–water partition coefficient (Wildman–Crippen LogP) is 5.38. The largest absolute Gasteiger partial charge is 0.333 e. The molecule has 174 valence electrons. The summed E-state index contributed by atoms with van der Waals surface area (Å²) in [6.45, 7) is 10.7. The van der Waals surface area contributed by atoms with Crippen LogP contribution in [0.25, 0.3) is 16.9 Å². The van der Waals surface area contributed by atoms with E-state index in [2.05, 4.69) is 18.3 Å². The highest BCUT2D eigenvalue weighted by molar-refractivity contribution is 5.94. The summed E-state index contributed by atoms with van der Waals surface area (Å²) in [5, 5.41) is 7.82. The number of carbonyl (C=O) groups is 2. The van der Waals surface area contributed by atoms with Crippen molar-refractivity contribution < 1.29 is 9.59 Å². The molecule has 0 saturated carbocycles. The lowest BCUT2D eigenvalue weighted by Gasteiger charge is -2.24. The number of nitrogens with one attached hydrogen (secondary N) is 1. The second-order valence-electron chi connectivity index (χ2n) is 8.95. The maximum absolute atomic E-state index is 13.0. The van der Waals surface area contributed by atoms with E-state index in [4.69, 9.17) is 5.10 Å². The molecule has 1 heterocycles. The highest BCUT2D eigenvalue weighted by atomic mass is 16.2. The quantitative estimate of drug-likeness (QED) is 0.480. The van der Waals surface area contributed by atoms with E-state index >= 15 is 0 Å². The van der Waals surface area contributed by atoms with Crippen molar-refractivity contribution in [3.05, 3.63) is 65.7 Å². The van der Waals surface area contributed by atoms with Crippen molar-refractivity contribution in [3.8, 4) is 16.9 Å². The van der Waals surface area contributed by atoms with Gasteiger partial charge in [-0.1, -0.05) is 68.8 Å². The lowest BCUT2D eigenvalue weighted by Crippen LogP contribution is -2.40. The van der Waals surface area contributed by atoms with Crippen molar-refractivity contribution in [1.82, 2.24) is 14.7 Å². The van der Waals surface area contributed by atoms with E-state index in [1.807, 2.05) is 76.2 Å². The minimum atomic E-state index is -0.231. The van der Waals surface area contributed by atoms with Crippen LogP contribution in [-0.4, -0.2) is 39.6 Å². The van der Waals surface area contributed by atoms with E-state index in [0.717, 1.165) is 34.5 Å². The molecule has 2 aromatic carbocycles. The van der Waals surface area contributed by atoms with Crippen molar-refractivity contribution >= 4 is 17.6 Å². The Morgan fingerprint density at radius 2 is 1.79 bits per heavy atom. The minimum absolute atomic E-state index is 0.00853. The Morgan fingerprint density at radius 3 is 2.42 bits per heavy atom. The molecule has 1 aromatic heterocycles. The number of benzene rings is 2. The molecule has 0 radical (unpaired) electrons. The van der Waals surface area contributed by atoms with E-state index < -0.39 is 0 Å². The summed E-state index contributed by atoms with van der Waals surface area (Å²) in [5.74, 6) is 0.641. The summed E-state index contributed by atoms with van der Waals surface area (Å²) in [6.07, 6.45) is 1.20. The lowest BCUT2D eigenvalue weighted by atomic mass is 10.1. The molecule has 0 saturated heterocycles. The molecule has 1 N–H and O–H groups in total. The summed E-state index contributed by atoms with van der Waals surface area (Å²) in [6, 6.07) is 17.9. The van der Waals surface area contributed by atoms with Gasteiger partial charge in [0.15, 0.2) is 0 Å². The molecule has 33 heavy (non-hydrogen) atoms. The van der Waals surface area contributed by atoms with Crippen LogP contribution in [0, 0.1) is 19.8 Å². The summed E-state index contributed by atoms with van der Waals surface area (Å²) >= 11 is 0. The number of hydrogen-bond acceptors (Lipinski definition) is 3. The molecule has 0 bridgehead atoms. The van der Waals surface area contributed by atoms with E-state index in [1.54, 1.807) is 9.58 Å². The van der Waals surface area contributed by atoms with Crippen LogP contribution >= 0.6 is 0 Å². The van der Waals surface area contributed by atoms with Gasteiger partial charge in [0.2, 0.25) is 11.8 Å². The zero-order chi connectivity index (χ0) is 24.0. The molecule has 0 fully saturated rings. The van der Waals surface area contributed by atoms with Crippen LogP contribution in [0.15, 0.2) is 54.6 Å². The number of aromatic nitrogens is 2. The summed E-state index contributed by atoms with van der Waals surface area (Å²) in [7, 11) is 0. The fraction of sp³-hybridized carbons (Fsp3) is 0.370. The second-order valence-corrected chi connectivity index (χ2v) is 8.95. The summed E-state index contributed by atoms with van der Waals surface area (Å²) in [4.78, 5) is 27.2. The third-order valence-electron chi connectivity index (χ3n) is 5.36. The molecule has 6 nitrogen and oxygen atoms in total. The van der Waals surface area contributed by atoms with Gasteiger partial charge in [-0.3, -0.25) is 9.59 Å². The summed E-state index contributed by atoms with van der Waals surface area (Å²) in [5.41, 5.74) is 4.87. The Hall–Kier alpha value is -3.41. The predicted molar refractivity (Wildman–Crippen MR) is 133 cm³/mol. The molecule has 2 amide bonds.